The molecule has 2 aromatic carbocycles. The highest BCUT2D eigenvalue weighted by Crippen LogP contribution is 2.52. The Kier molecular flexibility index (Phi) is 6.16. The maximum absolute atomic E-state index is 13.4. The SMILES string of the molecule is CC(C)P(=O)(Oc1ccc(C(C)(C)C)cc1)Oc1ccc(C(C)(C)C)cc1. The predicted molar refractivity (Wildman–Crippen MR) is 114 cm³/mol. The van der Waals surface area contributed by atoms with Gasteiger partial charge in [-0.1, -0.05) is 65.8 Å². The monoisotopic (exact) mass is 388 g/mol. The van der Waals surface area contributed by atoms with E-state index in [0.29, 0.717) is 11.5 Å². The van der Waals surface area contributed by atoms with Crippen LogP contribution in [-0.2, 0) is 15.4 Å². The minimum atomic E-state index is -3.35. The fourth-order valence-electron chi connectivity index (χ4n) is 2.55. The standard InChI is InChI=1S/C23H33O3P/c1-17(2)27(24,25-20-13-9-18(10-14-20)22(3,4)5)26-21-15-11-19(12-16-21)23(6,7)8/h9-17H,1-8H3. The molecule has 2 aromatic rings. The summed E-state index contributed by atoms with van der Waals surface area (Å²) in [5.41, 5.74) is 2.26. The fourth-order valence-corrected chi connectivity index (χ4v) is 3.84. The van der Waals surface area contributed by atoms with Gasteiger partial charge in [0.15, 0.2) is 0 Å². The van der Waals surface area contributed by atoms with Crippen molar-refractivity contribution in [1.29, 1.82) is 0 Å². The van der Waals surface area contributed by atoms with Gasteiger partial charge < -0.3 is 9.05 Å². The Hall–Kier alpha value is -1.73. The van der Waals surface area contributed by atoms with Crippen molar-refractivity contribution in [3.63, 3.8) is 0 Å². The summed E-state index contributed by atoms with van der Waals surface area (Å²) in [6.07, 6.45) is 0. The average molecular weight is 388 g/mol. The third-order valence-electron chi connectivity index (χ3n) is 4.54. The molecule has 0 N–H and O–H groups in total. The minimum Gasteiger partial charge on any atom is -0.416 e. The molecular weight excluding hydrogens is 355 g/mol. The molecule has 0 unspecified atom stereocenters. The van der Waals surface area contributed by atoms with E-state index in [1.165, 1.54) is 11.1 Å². The quantitative estimate of drug-likeness (QED) is 0.503. The number of hydrogen-bond donors (Lipinski definition) is 0. The number of hydrogen-bond acceptors (Lipinski definition) is 3. The van der Waals surface area contributed by atoms with Gasteiger partial charge in [-0.25, -0.2) is 4.57 Å². The molecule has 2 rings (SSSR count). The molecule has 0 aliphatic rings. The van der Waals surface area contributed by atoms with E-state index in [2.05, 4.69) is 41.5 Å². The van der Waals surface area contributed by atoms with Crippen LogP contribution in [0.25, 0.3) is 0 Å². The molecule has 0 atom stereocenters. The maximum Gasteiger partial charge on any atom is 0.433 e. The zero-order valence-electron chi connectivity index (χ0n) is 17.9. The normalized spacial score (nSPS) is 12.9. The zero-order chi connectivity index (χ0) is 20.5. The highest BCUT2D eigenvalue weighted by molar-refractivity contribution is 7.55. The van der Waals surface area contributed by atoms with E-state index in [1.54, 1.807) is 0 Å². The van der Waals surface area contributed by atoms with E-state index < -0.39 is 7.60 Å². The summed E-state index contributed by atoms with van der Waals surface area (Å²) >= 11 is 0. The van der Waals surface area contributed by atoms with Gasteiger partial charge in [0.2, 0.25) is 0 Å². The summed E-state index contributed by atoms with van der Waals surface area (Å²) in [6.45, 7) is 16.7. The van der Waals surface area contributed by atoms with Crippen molar-refractivity contribution in [2.45, 2.75) is 71.9 Å². The first-order valence-electron chi connectivity index (χ1n) is 9.51. The van der Waals surface area contributed by atoms with Crippen LogP contribution < -0.4 is 9.05 Å². The Morgan fingerprint density at radius 2 is 0.963 bits per heavy atom. The summed E-state index contributed by atoms with van der Waals surface area (Å²) in [7, 11) is -3.35. The molecule has 0 radical (unpaired) electrons. The van der Waals surface area contributed by atoms with Gasteiger partial charge in [0.25, 0.3) is 0 Å². The lowest BCUT2D eigenvalue weighted by Crippen LogP contribution is -2.13. The molecule has 0 spiro atoms. The number of rotatable bonds is 5. The summed E-state index contributed by atoms with van der Waals surface area (Å²) in [6, 6.07) is 15.5. The van der Waals surface area contributed by atoms with Crippen molar-refractivity contribution in [3.8, 4) is 11.5 Å². The second-order valence-corrected chi connectivity index (χ2v) is 11.8. The molecule has 3 nitrogen and oxygen atoms in total. The summed E-state index contributed by atoms with van der Waals surface area (Å²) < 4.78 is 25.1. The first-order chi connectivity index (χ1) is 12.3. The summed E-state index contributed by atoms with van der Waals surface area (Å²) in [4.78, 5) is 0. The smallest absolute Gasteiger partial charge is 0.416 e. The van der Waals surface area contributed by atoms with Crippen LogP contribution in [-0.4, -0.2) is 5.66 Å². The van der Waals surface area contributed by atoms with Gasteiger partial charge in [0, 0.05) is 0 Å². The average Bonchev–Trinajstić information content (AvgIpc) is 2.54. The van der Waals surface area contributed by atoms with Gasteiger partial charge in [0.1, 0.15) is 11.5 Å². The van der Waals surface area contributed by atoms with Gasteiger partial charge in [0.05, 0.1) is 5.66 Å². The Labute approximate surface area is 164 Å². The van der Waals surface area contributed by atoms with Crippen LogP contribution >= 0.6 is 7.60 Å². The van der Waals surface area contributed by atoms with Gasteiger partial charge in [-0.05, 0) is 60.1 Å². The van der Waals surface area contributed by atoms with Crippen molar-refractivity contribution in [2.75, 3.05) is 0 Å². The molecule has 0 aromatic heterocycles. The van der Waals surface area contributed by atoms with Crippen molar-refractivity contribution < 1.29 is 13.6 Å². The molecular formula is C23H33O3P. The van der Waals surface area contributed by atoms with Gasteiger partial charge >= 0.3 is 7.60 Å². The first-order valence-corrected chi connectivity index (χ1v) is 11.1. The van der Waals surface area contributed by atoms with Crippen LogP contribution in [0.2, 0.25) is 0 Å². The highest BCUT2D eigenvalue weighted by Gasteiger charge is 2.33. The van der Waals surface area contributed by atoms with Crippen molar-refractivity contribution in [2.24, 2.45) is 0 Å². The van der Waals surface area contributed by atoms with Crippen molar-refractivity contribution in [1.82, 2.24) is 0 Å². The zero-order valence-corrected chi connectivity index (χ0v) is 18.8. The van der Waals surface area contributed by atoms with Crippen molar-refractivity contribution in [3.05, 3.63) is 59.7 Å². The largest absolute Gasteiger partial charge is 0.433 e. The molecule has 0 aliphatic carbocycles. The van der Waals surface area contributed by atoms with Gasteiger partial charge in [-0.2, -0.15) is 0 Å². The van der Waals surface area contributed by atoms with E-state index in [9.17, 15) is 4.57 Å². The van der Waals surface area contributed by atoms with Crippen LogP contribution in [0.4, 0.5) is 0 Å². The molecule has 0 aliphatic heterocycles. The lowest BCUT2D eigenvalue weighted by atomic mass is 9.87. The molecule has 0 fully saturated rings. The fraction of sp³-hybridized carbons (Fsp3) is 0.478. The van der Waals surface area contributed by atoms with Crippen LogP contribution in [0.1, 0.15) is 66.5 Å². The van der Waals surface area contributed by atoms with Crippen LogP contribution in [0.5, 0.6) is 11.5 Å². The lowest BCUT2D eigenvalue weighted by Gasteiger charge is -2.25. The van der Waals surface area contributed by atoms with Crippen LogP contribution in [0.3, 0.4) is 0 Å². The molecule has 0 amide bonds. The first kappa shape index (κ1) is 21.6. The second kappa shape index (κ2) is 7.72. The van der Waals surface area contributed by atoms with E-state index in [0.717, 1.165) is 0 Å². The Bertz CT molecular complexity index is 728. The molecule has 0 heterocycles. The van der Waals surface area contributed by atoms with Gasteiger partial charge in [-0.3, -0.25) is 0 Å². The maximum atomic E-state index is 13.4. The molecule has 27 heavy (non-hydrogen) atoms. The highest BCUT2D eigenvalue weighted by atomic mass is 31.2. The Balaban J connectivity index is 2.21. The van der Waals surface area contributed by atoms with E-state index >= 15 is 0 Å². The van der Waals surface area contributed by atoms with E-state index in [-0.39, 0.29) is 16.5 Å². The second-order valence-electron chi connectivity index (χ2n) is 9.36. The predicted octanol–water partition coefficient (Wildman–Crippen LogP) is 7.34. The third-order valence-corrected chi connectivity index (χ3v) is 6.73. The minimum absolute atomic E-state index is 0.0611. The van der Waals surface area contributed by atoms with Crippen molar-refractivity contribution >= 4 is 7.60 Å². The lowest BCUT2D eigenvalue weighted by molar-refractivity contribution is 0.376. The molecule has 0 saturated carbocycles. The molecule has 0 bridgehead atoms. The summed E-state index contributed by atoms with van der Waals surface area (Å²) in [5, 5.41) is 0. The van der Waals surface area contributed by atoms with Gasteiger partial charge in [-0.15, -0.1) is 0 Å². The molecule has 4 heteroatoms. The molecule has 0 saturated heterocycles. The van der Waals surface area contributed by atoms with E-state index in [1.807, 2.05) is 62.4 Å². The van der Waals surface area contributed by atoms with Crippen LogP contribution in [0.15, 0.2) is 48.5 Å². The third kappa shape index (κ3) is 5.62. The molecule has 148 valence electrons. The summed E-state index contributed by atoms with van der Waals surface area (Å²) in [5.74, 6) is 1.12. The number of benzene rings is 2. The Morgan fingerprint density at radius 3 is 1.19 bits per heavy atom. The topological polar surface area (TPSA) is 35.5 Å². The van der Waals surface area contributed by atoms with E-state index in [4.69, 9.17) is 9.05 Å². The Morgan fingerprint density at radius 1 is 0.667 bits per heavy atom. The van der Waals surface area contributed by atoms with Crippen LogP contribution in [0, 0.1) is 0 Å².